The fourth-order valence-corrected chi connectivity index (χ4v) is 11.5. The van der Waals surface area contributed by atoms with E-state index in [9.17, 15) is 0 Å². The van der Waals surface area contributed by atoms with E-state index in [-0.39, 0.29) is 0 Å². The standard InChI is InChI=1S/C19H22Si/c1-4-10-16(11-5-1)20(17-12-6-2-7-13-17)18-14-8-3-9-15-19(18)20/h1-2,4-7,10-13,18-19H,3,8-9,14-15H2. The molecule has 102 valence electrons. The van der Waals surface area contributed by atoms with Crippen molar-refractivity contribution < 1.29 is 0 Å². The predicted octanol–water partition coefficient (Wildman–Crippen LogP) is 3.97. The lowest BCUT2D eigenvalue weighted by atomic mass is 10.2. The first-order valence-electron chi connectivity index (χ1n) is 8.05. The van der Waals surface area contributed by atoms with Gasteiger partial charge in [0.1, 0.15) is 8.07 Å². The molecule has 0 radical (unpaired) electrons. The second kappa shape index (κ2) is 4.89. The van der Waals surface area contributed by atoms with E-state index < -0.39 is 8.07 Å². The van der Waals surface area contributed by atoms with Crippen LogP contribution in [-0.2, 0) is 0 Å². The highest BCUT2D eigenvalue weighted by Gasteiger charge is 2.67. The van der Waals surface area contributed by atoms with Crippen molar-refractivity contribution >= 4 is 18.4 Å². The topological polar surface area (TPSA) is 0 Å². The van der Waals surface area contributed by atoms with E-state index in [0.29, 0.717) is 0 Å². The first kappa shape index (κ1) is 12.4. The Morgan fingerprint density at radius 3 is 1.50 bits per heavy atom. The first-order valence-corrected chi connectivity index (χ1v) is 10.2. The summed E-state index contributed by atoms with van der Waals surface area (Å²) in [6, 6.07) is 22.9. The Kier molecular flexibility index (Phi) is 3.03. The SMILES string of the molecule is c1ccc([Si]2(c3ccccc3)C3CCCCCC32)cc1. The van der Waals surface area contributed by atoms with E-state index >= 15 is 0 Å². The minimum Gasteiger partial charge on any atom is -0.0626 e. The van der Waals surface area contributed by atoms with E-state index in [4.69, 9.17) is 0 Å². The molecule has 1 heterocycles. The van der Waals surface area contributed by atoms with Crippen LogP contribution in [0.3, 0.4) is 0 Å². The number of hydrogen-bond donors (Lipinski definition) is 0. The molecular weight excluding hydrogens is 256 g/mol. The molecule has 4 rings (SSSR count). The minimum absolute atomic E-state index is 1.01. The lowest BCUT2D eigenvalue weighted by molar-refractivity contribution is 0.693. The molecule has 2 aliphatic rings. The Hall–Kier alpha value is -1.34. The van der Waals surface area contributed by atoms with Crippen LogP contribution in [0.1, 0.15) is 32.1 Å². The molecule has 2 aromatic carbocycles. The van der Waals surface area contributed by atoms with Crippen molar-refractivity contribution in [1.82, 2.24) is 0 Å². The van der Waals surface area contributed by atoms with Crippen LogP contribution in [0.4, 0.5) is 0 Å². The van der Waals surface area contributed by atoms with Gasteiger partial charge >= 0.3 is 0 Å². The largest absolute Gasteiger partial charge is 0.124 e. The van der Waals surface area contributed by atoms with E-state index in [1.165, 1.54) is 32.1 Å². The molecular formula is C19H22Si. The van der Waals surface area contributed by atoms with Crippen LogP contribution >= 0.6 is 0 Å². The van der Waals surface area contributed by atoms with Crippen molar-refractivity contribution in [2.45, 2.75) is 43.2 Å². The molecule has 0 bridgehead atoms. The van der Waals surface area contributed by atoms with Gasteiger partial charge in [0.05, 0.1) is 0 Å². The average molecular weight is 278 g/mol. The van der Waals surface area contributed by atoms with Crippen LogP contribution in [0.25, 0.3) is 0 Å². The quantitative estimate of drug-likeness (QED) is 0.729. The van der Waals surface area contributed by atoms with Crippen molar-refractivity contribution in [3.63, 3.8) is 0 Å². The van der Waals surface area contributed by atoms with Gasteiger partial charge in [-0.15, -0.1) is 0 Å². The third-order valence-electron chi connectivity index (χ3n) is 5.58. The van der Waals surface area contributed by atoms with Crippen LogP contribution in [0.2, 0.25) is 11.1 Å². The summed E-state index contributed by atoms with van der Waals surface area (Å²) in [6.07, 6.45) is 7.31. The van der Waals surface area contributed by atoms with Crippen LogP contribution in [0.5, 0.6) is 0 Å². The lowest BCUT2D eigenvalue weighted by Gasteiger charge is -2.19. The maximum absolute atomic E-state index is 2.41. The second-order valence-corrected chi connectivity index (χ2v) is 10.8. The van der Waals surface area contributed by atoms with E-state index in [1.807, 2.05) is 0 Å². The molecule has 1 saturated heterocycles. The highest BCUT2D eigenvalue weighted by Crippen LogP contribution is 2.64. The minimum atomic E-state index is -1.43. The first-order chi connectivity index (χ1) is 9.94. The van der Waals surface area contributed by atoms with Gasteiger partial charge in [0.15, 0.2) is 0 Å². The maximum atomic E-state index is 2.41. The Balaban J connectivity index is 1.83. The number of hydrogen-bond acceptors (Lipinski definition) is 0. The Bertz CT molecular complexity index is 522. The van der Waals surface area contributed by atoms with Crippen molar-refractivity contribution in [3.8, 4) is 0 Å². The molecule has 2 aromatic rings. The van der Waals surface area contributed by atoms with Gasteiger partial charge in [-0.3, -0.25) is 0 Å². The van der Waals surface area contributed by atoms with Crippen molar-refractivity contribution in [2.75, 3.05) is 0 Å². The van der Waals surface area contributed by atoms with Crippen molar-refractivity contribution in [2.24, 2.45) is 0 Å². The van der Waals surface area contributed by atoms with Gasteiger partial charge < -0.3 is 0 Å². The zero-order valence-electron chi connectivity index (χ0n) is 12.0. The molecule has 0 spiro atoms. The molecule has 20 heavy (non-hydrogen) atoms. The zero-order valence-corrected chi connectivity index (χ0v) is 13.0. The highest BCUT2D eigenvalue weighted by atomic mass is 28.3. The molecule has 1 saturated carbocycles. The Labute approximate surface area is 122 Å². The summed E-state index contributed by atoms with van der Waals surface area (Å²) >= 11 is 0. The monoisotopic (exact) mass is 278 g/mol. The summed E-state index contributed by atoms with van der Waals surface area (Å²) in [5.74, 6) is 0. The molecule has 1 heteroatoms. The Morgan fingerprint density at radius 1 is 0.600 bits per heavy atom. The summed E-state index contributed by atoms with van der Waals surface area (Å²) in [5.41, 5.74) is 2.02. The summed E-state index contributed by atoms with van der Waals surface area (Å²) < 4.78 is 0. The van der Waals surface area contributed by atoms with E-state index in [1.54, 1.807) is 10.4 Å². The molecule has 0 amide bonds. The second-order valence-electron chi connectivity index (χ2n) is 6.45. The maximum Gasteiger partial charge on any atom is 0.124 e. The van der Waals surface area contributed by atoms with Crippen LogP contribution in [0, 0.1) is 0 Å². The molecule has 2 unspecified atom stereocenters. The third kappa shape index (κ3) is 1.72. The molecule has 0 aromatic heterocycles. The van der Waals surface area contributed by atoms with Gasteiger partial charge in [-0.25, -0.2) is 0 Å². The molecule has 0 nitrogen and oxygen atoms in total. The number of fused-ring (bicyclic) bond motifs is 1. The van der Waals surface area contributed by atoms with Gasteiger partial charge in [-0.1, -0.05) is 103 Å². The Morgan fingerprint density at radius 2 is 1.05 bits per heavy atom. The van der Waals surface area contributed by atoms with Crippen molar-refractivity contribution in [1.29, 1.82) is 0 Å². The fourth-order valence-electron chi connectivity index (χ4n) is 4.75. The lowest BCUT2D eigenvalue weighted by Crippen LogP contribution is -2.48. The molecule has 1 aliphatic heterocycles. The van der Waals surface area contributed by atoms with Gasteiger partial charge in [-0.2, -0.15) is 0 Å². The summed E-state index contributed by atoms with van der Waals surface area (Å²) in [4.78, 5) is 0. The van der Waals surface area contributed by atoms with Gasteiger partial charge in [0, 0.05) is 0 Å². The van der Waals surface area contributed by atoms with Gasteiger partial charge in [0.25, 0.3) is 0 Å². The highest BCUT2D eigenvalue weighted by molar-refractivity contribution is 7.12. The van der Waals surface area contributed by atoms with Crippen LogP contribution < -0.4 is 10.4 Å². The molecule has 2 fully saturated rings. The van der Waals surface area contributed by atoms with E-state index in [2.05, 4.69) is 60.7 Å². The zero-order chi connectivity index (χ0) is 13.4. The molecule has 0 N–H and O–H groups in total. The van der Waals surface area contributed by atoms with Gasteiger partial charge in [-0.05, 0) is 11.1 Å². The average Bonchev–Trinajstić information content (AvgIpc) is 3.21. The molecule has 2 atom stereocenters. The summed E-state index contributed by atoms with van der Waals surface area (Å²) in [7, 11) is -1.43. The molecule has 1 aliphatic carbocycles. The fraction of sp³-hybridized carbons (Fsp3) is 0.368. The smallest absolute Gasteiger partial charge is 0.0626 e. The number of rotatable bonds is 2. The van der Waals surface area contributed by atoms with Gasteiger partial charge in [0.2, 0.25) is 0 Å². The predicted molar refractivity (Wildman–Crippen MR) is 88.5 cm³/mol. The van der Waals surface area contributed by atoms with E-state index in [0.717, 1.165) is 11.1 Å². The summed E-state index contributed by atoms with van der Waals surface area (Å²) in [5, 5.41) is 3.37. The summed E-state index contributed by atoms with van der Waals surface area (Å²) in [6.45, 7) is 0. The van der Waals surface area contributed by atoms with Crippen LogP contribution in [0.15, 0.2) is 60.7 Å². The normalized spacial score (nSPS) is 27.4. The third-order valence-corrected chi connectivity index (χ3v) is 11.5. The number of benzene rings is 2. The van der Waals surface area contributed by atoms with Crippen molar-refractivity contribution in [3.05, 3.63) is 60.7 Å². The van der Waals surface area contributed by atoms with Crippen LogP contribution in [-0.4, -0.2) is 8.07 Å².